The fourth-order valence-electron chi connectivity index (χ4n) is 2.55. The Labute approximate surface area is 165 Å². The number of benzene rings is 2. The number of hydrazine groups is 1. The van der Waals surface area contributed by atoms with E-state index in [4.69, 9.17) is 14.2 Å². The third-order valence-electron chi connectivity index (χ3n) is 3.94. The summed E-state index contributed by atoms with van der Waals surface area (Å²) in [6.07, 6.45) is 0. The van der Waals surface area contributed by atoms with E-state index in [-0.39, 0.29) is 12.5 Å². The van der Waals surface area contributed by atoms with Crippen LogP contribution in [0.4, 0.5) is 0 Å². The van der Waals surface area contributed by atoms with Crippen LogP contribution in [0.25, 0.3) is 0 Å². The lowest BCUT2D eigenvalue weighted by atomic mass is 10.0. The molecule has 0 aliphatic rings. The maximum absolute atomic E-state index is 12.2. The van der Waals surface area contributed by atoms with Crippen molar-refractivity contribution in [3.8, 4) is 17.2 Å². The van der Waals surface area contributed by atoms with Crippen LogP contribution in [0, 0.1) is 0 Å². The van der Waals surface area contributed by atoms with Gasteiger partial charge in [-0.15, -0.1) is 0 Å². The van der Waals surface area contributed by atoms with Crippen molar-refractivity contribution in [1.82, 2.24) is 10.9 Å². The third kappa shape index (κ3) is 5.64. The molecule has 7 nitrogen and oxygen atoms in total. The van der Waals surface area contributed by atoms with Crippen molar-refractivity contribution in [2.45, 2.75) is 26.7 Å². The maximum Gasteiger partial charge on any atom is 0.276 e. The third-order valence-corrected chi connectivity index (χ3v) is 3.94. The molecule has 0 aliphatic heterocycles. The molecule has 2 N–H and O–H groups in total. The van der Waals surface area contributed by atoms with Crippen LogP contribution in [0.2, 0.25) is 0 Å². The smallest absolute Gasteiger partial charge is 0.276 e. The molecule has 7 heteroatoms. The van der Waals surface area contributed by atoms with Crippen molar-refractivity contribution in [1.29, 1.82) is 0 Å². The maximum atomic E-state index is 12.2. The van der Waals surface area contributed by atoms with Crippen LogP contribution in [0.5, 0.6) is 17.2 Å². The lowest BCUT2D eigenvalue weighted by Gasteiger charge is -2.14. The predicted molar refractivity (Wildman–Crippen MR) is 106 cm³/mol. The van der Waals surface area contributed by atoms with E-state index in [9.17, 15) is 9.59 Å². The Balaban J connectivity index is 1.90. The lowest BCUT2D eigenvalue weighted by Crippen LogP contribution is -2.43. The van der Waals surface area contributed by atoms with E-state index in [1.54, 1.807) is 18.2 Å². The molecule has 2 rings (SSSR count). The zero-order chi connectivity index (χ0) is 20.5. The molecule has 0 bridgehead atoms. The van der Waals surface area contributed by atoms with Crippen molar-refractivity contribution in [2.75, 3.05) is 20.3 Å². The van der Waals surface area contributed by atoms with Gasteiger partial charge in [-0.2, -0.15) is 0 Å². The van der Waals surface area contributed by atoms with Crippen LogP contribution in [0.15, 0.2) is 42.5 Å². The van der Waals surface area contributed by atoms with E-state index >= 15 is 0 Å². The molecule has 150 valence electrons. The first-order chi connectivity index (χ1) is 13.5. The van der Waals surface area contributed by atoms with Gasteiger partial charge >= 0.3 is 0 Å². The first kappa shape index (κ1) is 21.1. The molecule has 0 heterocycles. The quantitative estimate of drug-likeness (QED) is 0.681. The highest BCUT2D eigenvalue weighted by Crippen LogP contribution is 2.28. The summed E-state index contributed by atoms with van der Waals surface area (Å²) in [5, 5.41) is 0. The summed E-state index contributed by atoms with van der Waals surface area (Å²) in [5.41, 5.74) is 6.04. The molecular weight excluding hydrogens is 360 g/mol. The van der Waals surface area contributed by atoms with Gasteiger partial charge in [-0.05, 0) is 42.7 Å². The van der Waals surface area contributed by atoms with Gasteiger partial charge in [0.25, 0.3) is 11.8 Å². The number of nitrogens with one attached hydrogen (secondary N) is 2. The van der Waals surface area contributed by atoms with Gasteiger partial charge in [0.1, 0.15) is 5.75 Å². The number of carbonyl (C=O) groups is 2. The second-order valence-electron chi connectivity index (χ2n) is 6.28. The number of methoxy groups -OCH3 is 1. The standard InChI is InChI=1S/C21H26N2O5/c1-5-27-18-11-10-15(12-19(18)26-4)21(25)23-22-20(24)13-28-17-9-7-6-8-16(17)14(2)3/h6-12,14H,5,13H2,1-4H3,(H,22,24)(H,23,25). The fourth-order valence-corrected chi connectivity index (χ4v) is 2.55. The van der Waals surface area contributed by atoms with Crippen molar-refractivity contribution < 1.29 is 23.8 Å². The largest absolute Gasteiger partial charge is 0.493 e. The highest BCUT2D eigenvalue weighted by molar-refractivity contribution is 5.96. The first-order valence-electron chi connectivity index (χ1n) is 9.08. The van der Waals surface area contributed by atoms with Gasteiger partial charge in [0.05, 0.1) is 13.7 Å². The Bertz CT molecular complexity index is 820. The summed E-state index contributed by atoms with van der Waals surface area (Å²) in [7, 11) is 1.49. The Morgan fingerprint density at radius 3 is 2.39 bits per heavy atom. The molecule has 2 aromatic rings. The van der Waals surface area contributed by atoms with Crippen LogP contribution in [0.3, 0.4) is 0 Å². The van der Waals surface area contributed by atoms with Gasteiger partial charge in [0.15, 0.2) is 18.1 Å². The Morgan fingerprint density at radius 2 is 1.71 bits per heavy atom. The topological polar surface area (TPSA) is 85.9 Å². The van der Waals surface area contributed by atoms with E-state index in [0.717, 1.165) is 5.56 Å². The highest BCUT2D eigenvalue weighted by Gasteiger charge is 2.13. The van der Waals surface area contributed by atoms with Crippen molar-refractivity contribution >= 4 is 11.8 Å². The van der Waals surface area contributed by atoms with E-state index in [2.05, 4.69) is 10.9 Å². The van der Waals surface area contributed by atoms with Gasteiger partial charge < -0.3 is 14.2 Å². The second kappa shape index (κ2) is 10.2. The van der Waals surface area contributed by atoms with E-state index in [1.807, 2.05) is 45.0 Å². The number of para-hydroxylation sites is 1. The summed E-state index contributed by atoms with van der Waals surface area (Å²) in [5.74, 6) is 0.961. The van der Waals surface area contributed by atoms with Crippen molar-refractivity contribution in [3.63, 3.8) is 0 Å². The first-order valence-corrected chi connectivity index (χ1v) is 9.08. The SMILES string of the molecule is CCOc1ccc(C(=O)NNC(=O)COc2ccccc2C(C)C)cc1OC. The molecule has 0 spiro atoms. The summed E-state index contributed by atoms with van der Waals surface area (Å²) in [6.45, 7) is 6.23. The Kier molecular flexibility index (Phi) is 7.68. The number of ether oxygens (including phenoxy) is 3. The summed E-state index contributed by atoms with van der Waals surface area (Å²) in [4.78, 5) is 24.2. The van der Waals surface area contributed by atoms with E-state index in [0.29, 0.717) is 29.4 Å². The molecule has 0 radical (unpaired) electrons. The average Bonchev–Trinajstić information content (AvgIpc) is 2.71. The van der Waals surface area contributed by atoms with Gasteiger partial charge in [-0.1, -0.05) is 32.0 Å². The molecule has 0 fully saturated rings. The summed E-state index contributed by atoms with van der Waals surface area (Å²) < 4.78 is 16.2. The fraction of sp³-hybridized carbons (Fsp3) is 0.333. The molecule has 0 aliphatic carbocycles. The minimum Gasteiger partial charge on any atom is -0.493 e. The number of rotatable bonds is 8. The average molecular weight is 386 g/mol. The molecule has 0 aromatic heterocycles. The van der Waals surface area contributed by atoms with Gasteiger partial charge in [0.2, 0.25) is 0 Å². The number of hydrogen-bond donors (Lipinski definition) is 2. The molecule has 0 unspecified atom stereocenters. The van der Waals surface area contributed by atoms with Crippen LogP contribution in [-0.4, -0.2) is 32.1 Å². The van der Waals surface area contributed by atoms with E-state index < -0.39 is 11.8 Å². The molecule has 2 aromatic carbocycles. The van der Waals surface area contributed by atoms with Crippen molar-refractivity contribution in [3.05, 3.63) is 53.6 Å². The van der Waals surface area contributed by atoms with Crippen LogP contribution in [0.1, 0.15) is 42.6 Å². The van der Waals surface area contributed by atoms with Gasteiger partial charge in [-0.25, -0.2) is 0 Å². The monoisotopic (exact) mass is 386 g/mol. The summed E-state index contributed by atoms with van der Waals surface area (Å²) >= 11 is 0. The molecule has 0 saturated heterocycles. The summed E-state index contributed by atoms with van der Waals surface area (Å²) in [6, 6.07) is 12.3. The number of hydrogen-bond acceptors (Lipinski definition) is 5. The zero-order valence-corrected chi connectivity index (χ0v) is 16.6. The minimum atomic E-state index is -0.475. The number of amides is 2. The normalized spacial score (nSPS) is 10.3. The minimum absolute atomic E-state index is 0.212. The van der Waals surface area contributed by atoms with Crippen LogP contribution in [-0.2, 0) is 4.79 Å². The molecule has 0 saturated carbocycles. The number of carbonyl (C=O) groups excluding carboxylic acids is 2. The second-order valence-corrected chi connectivity index (χ2v) is 6.28. The molecular formula is C21H26N2O5. The Hall–Kier alpha value is -3.22. The molecule has 0 atom stereocenters. The van der Waals surface area contributed by atoms with E-state index in [1.165, 1.54) is 7.11 Å². The van der Waals surface area contributed by atoms with Gasteiger partial charge in [0, 0.05) is 5.56 Å². The van der Waals surface area contributed by atoms with Gasteiger partial charge in [-0.3, -0.25) is 20.4 Å². The molecule has 2 amide bonds. The van der Waals surface area contributed by atoms with Crippen LogP contribution < -0.4 is 25.1 Å². The van der Waals surface area contributed by atoms with Crippen LogP contribution >= 0.6 is 0 Å². The highest BCUT2D eigenvalue weighted by atomic mass is 16.5. The predicted octanol–water partition coefficient (Wildman–Crippen LogP) is 3.06. The lowest BCUT2D eigenvalue weighted by molar-refractivity contribution is -0.123. The molecule has 28 heavy (non-hydrogen) atoms. The van der Waals surface area contributed by atoms with Crippen molar-refractivity contribution in [2.24, 2.45) is 0 Å². The Morgan fingerprint density at radius 1 is 0.964 bits per heavy atom. The zero-order valence-electron chi connectivity index (χ0n) is 16.6.